The van der Waals surface area contributed by atoms with Gasteiger partial charge in [-0.1, -0.05) is 0 Å². The predicted molar refractivity (Wildman–Crippen MR) is 14.2 cm³/mol. The normalized spacial score (nSPS) is 12.0. The first-order valence-electron chi connectivity index (χ1n) is 1.38. The Labute approximate surface area is 37.5 Å². The Hall–Kier alpha value is -0.290. The zero-order chi connectivity index (χ0) is 5.91. The van der Waals surface area contributed by atoms with Crippen LogP contribution >= 0.6 is 0 Å². The quantitative estimate of drug-likeness (QED) is 0.504. The predicted octanol–water partition coefficient (Wildman–Crippen LogP) is 0.473. The van der Waals surface area contributed by atoms with Crippen LogP contribution in [0.5, 0.6) is 0 Å². The molecule has 0 aromatic heterocycles. The van der Waals surface area contributed by atoms with Gasteiger partial charge >= 0.3 is 6.36 Å². The molecule has 5 heteroatoms. The minimum Gasteiger partial charge on any atom is -0.370 e. The first-order valence-corrected chi connectivity index (χ1v) is 1.38. The molecule has 0 rings (SSSR count). The average Bonchev–Trinajstić information content (AvgIpc) is 1.30. The number of alkyl halides is 3. The summed E-state index contributed by atoms with van der Waals surface area (Å²) in [5, 5.41) is 7.46. The van der Waals surface area contributed by atoms with Gasteiger partial charge in [-0.15, -0.1) is 13.2 Å². The average molecular weight is 116 g/mol. The monoisotopic (exact) mass is 116 g/mol. The van der Waals surface area contributed by atoms with Crippen molar-refractivity contribution in [1.29, 1.82) is 0 Å². The lowest BCUT2D eigenvalue weighted by Gasteiger charge is -2.00. The molecule has 44 valence electrons. The highest BCUT2D eigenvalue weighted by atomic mass is 19.4. The molecular formula is C2H3F3O2. The summed E-state index contributed by atoms with van der Waals surface area (Å²) in [7, 11) is 0. The fourth-order valence-corrected chi connectivity index (χ4v) is 0.0732. The van der Waals surface area contributed by atoms with Crippen LogP contribution in [-0.4, -0.2) is 18.3 Å². The van der Waals surface area contributed by atoms with Gasteiger partial charge in [0.1, 0.15) is 0 Å². The van der Waals surface area contributed by atoms with Gasteiger partial charge in [0.25, 0.3) is 0 Å². The molecule has 0 spiro atoms. The number of rotatable bonds is 1. The maximum Gasteiger partial charge on any atom is 0.524 e. The highest BCUT2D eigenvalue weighted by Crippen LogP contribution is 2.14. The summed E-state index contributed by atoms with van der Waals surface area (Å²) in [5.41, 5.74) is 0. The molecule has 0 aromatic carbocycles. The summed E-state index contributed by atoms with van der Waals surface area (Å²) in [4.78, 5) is 0. The molecular weight excluding hydrogens is 113 g/mol. The fraction of sp³-hybridized carbons (Fsp3) is 1.00. The van der Waals surface area contributed by atoms with E-state index in [0.29, 0.717) is 0 Å². The molecule has 0 heterocycles. The van der Waals surface area contributed by atoms with Crippen LogP contribution in [0.2, 0.25) is 0 Å². The van der Waals surface area contributed by atoms with Gasteiger partial charge < -0.3 is 5.11 Å². The largest absolute Gasteiger partial charge is 0.524 e. The van der Waals surface area contributed by atoms with Crippen molar-refractivity contribution in [1.82, 2.24) is 0 Å². The van der Waals surface area contributed by atoms with Crippen LogP contribution in [0, 0.1) is 0 Å². The maximum atomic E-state index is 10.7. The number of hydrogen-bond donors (Lipinski definition) is 1. The van der Waals surface area contributed by atoms with Gasteiger partial charge in [-0.3, -0.25) is 4.74 Å². The summed E-state index contributed by atoms with van der Waals surface area (Å²) in [6.45, 7) is -1.32. The van der Waals surface area contributed by atoms with Gasteiger partial charge in [-0.2, -0.15) is 0 Å². The lowest BCUT2D eigenvalue weighted by molar-refractivity contribution is -0.344. The zero-order valence-corrected chi connectivity index (χ0v) is 3.20. The third kappa shape index (κ3) is 5.71. The molecule has 0 atom stereocenters. The Morgan fingerprint density at radius 2 is 1.86 bits per heavy atom. The Balaban J connectivity index is 3.15. The van der Waals surface area contributed by atoms with Crippen LogP contribution in [0.25, 0.3) is 0 Å². The molecule has 0 aliphatic carbocycles. The van der Waals surface area contributed by atoms with E-state index in [9.17, 15) is 13.2 Å². The first-order chi connectivity index (χ1) is 3.06. The maximum absolute atomic E-state index is 10.7. The van der Waals surface area contributed by atoms with E-state index in [1.54, 1.807) is 0 Å². The molecule has 0 radical (unpaired) electrons. The van der Waals surface area contributed by atoms with Crippen molar-refractivity contribution in [2.75, 3.05) is 6.79 Å². The van der Waals surface area contributed by atoms with Gasteiger partial charge in [0.2, 0.25) is 0 Å². The lowest BCUT2D eigenvalue weighted by Crippen LogP contribution is -2.13. The Morgan fingerprint density at radius 1 is 1.43 bits per heavy atom. The molecule has 0 saturated carbocycles. The van der Waals surface area contributed by atoms with Crippen LogP contribution in [-0.2, 0) is 4.74 Å². The minimum absolute atomic E-state index is 1.32. The number of ether oxygens (including phenoxy) is 1. The highest BCUT2D eigenvalue weighted by molar-refractivity contribution is 4.17. The Bertz CT molecular complexity index is 49.4. The minimum atomic E-state index is -4.70. The van der Waals surface area contributed by atoms with Gasteiger partial charge in [-0.25, -0.2) is 0 Å². The zero-order valence-electron chi connectivity index (χ0n) is 3.20. The molecule has 2 nitrogen and oxygen atoms in total. The second-order valence-corrected chi connectivity index (χ2v) is 0.719. The molecule has 0 fully saturated rings. The van der Waals surface area contributed by atoms with Gasteiger partial charge in [0.15, 0.2) is 6.79 Å². The van der Waals surface area contributed by atoms with Gasteiger partial charge in [0, 0.05) is 0 Å². The summed E-state index contributed by atoms with van der Waals surface area (Å²) in [6.07, 6.45) is -4.70. The lowest BCUT2D eigenvalue weighted by atomic mass is 11.3. The van der Waals surface area contributed by atoms with Crippen molar-refractivity contribution in [2.45, 2.75) is 6.36 Å². The van der Waals surface area contributed by atoms with E-state index in [1.807, 2.05) is 0 Å². The van der Waals surface area contributed by atoms with Crippen molar-refractivity contribution >= 4 is 0 Å². The smallest absolute Gasteiger partial charge is 0.370 e. The summed E-state index contributed by atoms with van der Waals surface area (Å²) in [5.74, 6) is 0. The van der Waals surface area contributed by atoms with E-state index >= 15 is 0 Å². The second kappa shape index (κ2) is 2.13. The Morgan fingerprint density at radius 3 is 1.86 bits per heavy atom. The van der Waals surface area contributed by atoms with Crippen molar-refractivity contribution < 1.29 is 23.0 Å². The van der Waals surface area contributed by atoms with Crippen molar-refractivity contribution in [3.63, 3.8) is 0 Å². The van der Waals surface area contributed by atoms with E-state index in [4.69, 9.17) is 5.11 Å². The van der Waals surface area contributed by atoms with Gasteiger partial charge in [0.05, 0.1) is 0 Å². The van der Waals surface area contributed by atoms with Crippen LogP contribution in [0.15, 0.2) is 0 Å². The molecule has 0 aliphatic rings. The van der Waals surface area contributed by atoms with Crippen LogP contribution in [0.4, 0.5) is 13.2 Å². The summed E-state index contributed by atoms with van der Waals surface area (Å²) >= 11 is 0. The fourth-order valence-electron chi connectivity index (χ4n) is 0.0732. The SMILES string of the molecule is OCOC(F)(F)F. The molecule has 1 N–H and O–H groups in total. The standard InChI is InChI=1S/C2H3F3O2/c3-2(4,5)7-1-6/h6H,1H2. The summed E-state index contributed by atoms with van der Waals surface area (Å²) < 4.78 is 34.8. The number of hydrogen-bond acceptors (Lipinski definition) is 2. The van der Waals surface area contributed by atoms with Gasteiger partial charge in [-0.05, 0) is 0 Å². The molecule has 7 heavy (non-hydrogen) atoms. The first kappa shape index (κ1) is 6.71. The van der Waals surface area contributed by atoms with E-state index in [-0.39, 0.29) is 0 Å². The third-order valence-corrected chi connectivity index (χ3v) is 0.228. The summed E-state index contributed by atoms with van der Waals surface area (Å²) in [6, 6.07) is 0. The Kier molecular flexibility index (Phi) is 2.04. The highest BCUT2D eigenvalue weighted by Gasteiger charge is 2.28. The molecule has 0 saturated heterocycles. The van der Waals surface area contributed by atoms with Crippen LogP contribution in [0.1, 0.15) is 0 Å². The van der Waals surface area contributed by atoms with E-state index in [2.05, 4.69) is 4.74 Å². The second-order valence-electron chi connectivity index (χ2n) is 0.719. The molecule has 0 bridgehead atoms. The molecule has 0 unspecified atom stereocenters. The van der Waals surface area contributed by atoms with Crippen molar-refractivity contribution in [3.8, 4) is 0 Å². The van der Waals surface area contributed by atoms with Crippen molar-refractivity contribution in [2.24, 2.45) is 0 Å². The topological polar surface area (TPSA) is 29.5 Å². The number of halogens is 3. The van der Waals surface area contributed by atoms with Crippen LogP contribution in [0.3, 0.4) is 0 Å². The van der Waals surface area contributed by atoms with Crippen LogP contribution < -0.4 is 0 Å². The number of aliphatic hydroxyl groups is 1. The third-order valence-electron chi connectivity index (χ3n) is 0.228. The molecule has 0 aromatic rings. The number of aliphatic hydroxyl groups excluding tert-OH is 1. The van der Waals surface area contributed by atoms with Crippen molar-refractivity contribution in [3.05, 3.63) is 0 Å². The van der Waals surface area contributed by atoms with E-state index < -0.39 is 13.2 Å². The van der Waals surface area contributed by atoms with E-state index in [1.165, 1.54) is 0 Å². The molecule has 0 aliphatic heterocycles. The van der Waals surface area contributed by atoms with E-state index in [0.717, 1.165) is 0 Å². The molecule has 0 amide bonds.